The Balaban J connectivity index is 0.830. The highest BCUT2D eigenvalue weighted by Gasteiger charge is 2.57. The summed E-state index contributed by atoms with van der Waals surface area (Å²) < 4.78 is 49.4. The Bertz CT molecular complexity index is 1720. The summed E-state index contributed by atoms with van der Waals surface area (Å²) >= 11 is 0. The van der Waals surface area contributed by atoms with Crippen molar-refractivity contribution in [3.63, 3.8) is 0 Å². The fourth-order valence-corrected chi connectivity index (χ4v) is 7.21. The van der Waals surface area contributed by atoms with Crippen molar-refractivity contribution < 1.29 is 47.5 Å². The van der Waals surface area contributed by atoms with Crippen molar-refractivity contribution in [2.45, 2.75) is 146 Å². The van der Waals surface area contributed by atoms with E-state index in [0.29, 0.717) is 12.8 Å². The highest BCUT2D eigenvalue weighted by Crippen LogP contribution is 2.44. The number of carbonyl (C=O) groups excluding carboxylic acids is 2. The number of esters is 2. The number of rotatable bonds is 16. The lowest BCUT2D eigenvalue weighted by Gasteiger charge is -2.24. The van der Waals surface area contributed by atoms with Gasteiger partial charge < -0.3 is 37.9 Å². The van der Waals surface area contributed by atoms with E-state index in [0.717, 1.165) is 32.1 Å². The molecule has 2 aromatic rings. The lowest BCUT2D eigenvalue weighted by molar-refractivity contribution is -0.203. The van der Waals surface area contributed by atoms with E-state index in [1.54, 1.807) is 27.7 Å². The van der Waals surface area contributed by atoms with Gasteiger partial charge >= 0.3 is 23.3 Å². The first-order valence-corrected chi connectivity index (χ1v) is 18.2. The summed E-state index contributed by atoms with van der Waals surface area (Å²) in [6.07, 6.45) is 3.59. The van der Waals surface area contributed by atoms with Gasteiger partial charge in [0.25, 0.3) is 11.1 Å². The molecule has 53 heavy (non-hydrogen) atoms. The minimum atomic E-state index is -0.925. The zero-order valence-electron chi connectivity index (χ0n) is 30.3. The Kier molecular flexibility index (Phi) is 11.9. The number of hydrogen-bond donors (Lipinski definition) is 2. The second kappa shape index (κ2) is 16.2. The van der Waals surface area contributed by atoms with E-state index >= 15 is 0 Å². The van der Waals surface area contributed by atoms with Gasteiger partial charge in [0.2, 0.25) is 0 Å². The van der Waals surface area contributed by atoms with Gasteiger partial charge in [0, 0.05) is 37.4 Å². The standard InChI is InChI=1S/C35H48N4O14/c1-34(2)50-26-20(48-30(28(26)52-34)38-16-14-22(40)36-32(38)44)18-46-24(42)12-10-8-6-5-7-9-11-13-25(43)47-19-21-27-29(53-35(3,4)51-27)31(49-21)39-17-15-23(41)37-33(39)45/h14-17,20-21,26-31H,5-13,18-19H2,1-4H3,(H,36,40,44)(H,37,41,45)/t20-,21-,26-,27-,28-,29-,30-,31-/m1/s1. The third kappa shape index (κ3) is 9.42. The van der Waals surface area contributed by atoms with E-state index in [1.807, 2.05) is 0 Å². The third-order valence-corrected chi connectivity index (χ3v) is 9.58. The summed E-state index contributed by atoms with van der Waals surface area (Å²) in [5, 5.41) is 0. The highest BCUT2D eigenvalue weighted by atomic mass is 16.8. The first kappa shape index (κ1) is 38.8. The van der Waals surface area contributed by atoms with Crippen LogP contribution in [0.3, 0.4) is 0 Å². The average molecular weight is 749 g/mol. The molecule has 0 saturated carbocycles. The maximum absolute atomic E-state index is 12.5. The molecule has 6 rings (SSSR count). The van der Waals surface area contributed by atoms with E-state index < -0.39 is 83.2 Å². The molecule has 2 N–H and O–H groups in total. The molecule has 4 saturated heterocycles. The van der Waals surface area contributed by atoms with Crippen molar-refractivity contribution in [2.75, 3.05) is 13.2 Å². The van der Waals surface area contributed by atoms with Gasteiger partial charge in [-0.2, -0.15) is 0 Å². The first-order chi connectivity index (χ1) is 25.2. The smallest absolute Gasteiger partial charge is 0.330 e. The summed E-state index contributed by atoms with van der Waals surface area (Å²) in [6, 6.07) is 2.44. The lowest BCUT2D eigenvalue weighted by atomic mass is 10.1. The molecule has 18 heteroatoms. The molecule has 0 amide bonds. The molecule has 0 aliphatic carbocycles. The molecule has 0 radical (unpaired) electrons. The Morgan fingerprint density at radius 1 is 0.604 bits per heavy atom. The molecule has 8 atom stereocenters. The van der Waals surface area contributed by atoms with Gasteiger partial charge in [-0.25, -0.2) is 9.59 Å². The molecule has 0 unspecified atom stereocenters. The molecule has 0 aromatic carbocycles. The molecule has 2 aromatic heterocycles. The van der Waals surface area contributed by atoms with Crippen molar-refractivity contribution in [3.8, 4) is 0 Å². The van der Waals surface area contributed by atoms with Gasteiger partial charge in [0.15, 0.2) is 24.0 Å². The van der Waals surface area contributed by atoms with Crippen LogP contribution in [-0.2, 0) is 47.5 Å². The van der Waals surface area contributed by atoms with E-state index in [9.17, 15) is 28.8 Å². The molecule has 4 aliphatic heterocycles. The molecule has 4 fully saturated rings. The summed E-state index contributed by atoms with van der Waals surface area (Å²) in [7, 11) is 0. The summed E-state index contributed by atoms with van der Waals surface area (Å²) in [5.74, 6) is -2.57. The average Bonchev–Trinajstić information content (AvgIpc) is 3.78. The Hall–Kier alpha value is -3.94. The topological polar surface area (TPSA) is 218 Å². The highest BCUT2D eigenvalue weighted by molar-refractivity contribution is 5.69. The van der Waals surface area contributed by atoms with Crippen molar-refractivity contribution in [2.24, 2.45) is 0 Å². The minimum Gasteiger partial charge on any atom is -0.463 e. The zero-order chi connectivity index (χ0) is 37.9. The lowest BCUT2D eigenvalue weighted by Crippen LogP contribution is -2.37. The maximum Gasteiger partial charge on any atom is 0.330 e. The summed E-state index contributed by atoms with van der Waals surface area (Å²) in [5.41, 5.74) is -2.33. The van der Waals surface area contributed by atoms with Crippen molar-refractivity contribution >= 4 is 11.9 Å². The molecular weight excluding hydrogens is 700 g/mol. The van der Waals surface area contributed by atoms with Crippen molar-refractivity contribution in [3.05, 3.63) is 66.2 Å². The van der Waals surface area contributed by atoms with Crippen LogP contribution in [0.4, 0.5) is 0 Å². The quantitative estimate of drug-likeness (QED) is 0.184. The van der Waals surface area contributed by atoms with Gasteiger partial charge in [-0.05, 0) is 40.5 Å². The van der Waals surface area contributed by atoms with Crippen LogP contribution in [0.25, 0.3) is 0 Å². The van der Waals surface area contributed by atoms with Gasteiger partial charge in [0.05, 0.1) is 0 Å². The van der Waals surface area contributed by atoms with Crippen molar-refractivity contribution in [1.29, 1.82) is 0 Å². The first-order valence-electron chi connectivity index (χ1n) is 18.2. The van der Waals surface area contributed by atoms with Gasteiger partial charge in [-0.1, -0.05) is 32.1 Å². The molecule has 0 bridgehead atoms. The fraction of sp³-hybridized carbons (Fsp3) is 0.714. The monoisotopic (exact) mass is 748 g/mol. The predicted molar refractivity (Wildman–Crippen MR) is 182 cm³/mol. The van der Waals surface area contributed by atoms with E-state index in [2.05, 4.69) is 9.97 Å². The largest absolute Gasteiger partial charge is 0.463 e. The summed E-state index contributed by atoms with van der Waals surface area (Å²) in [6.45, 7) is 6.87. The predicted octanol–water partition coefficient (Wildman–Crippen LogP) is 1.52. The summed E-state index contributed by atoms with van der Waals surface area (Å²) in [4.78, 5) is 77.2. The second-order valence-corrected chi connectivity index (χ2v) is 14.6. The number of aromatic nitrogens is 4. The molecule has 0 spiro atoms. The second-order valence-electron chi connectivity index (χ2n) is 14.6. The number of ether oxygens (including phenoxy) is 8. The third-order valence-electron chi connectivity index (χ3n) is 9.58. The molecule has 4 aliphatic rings. The van der Waals surface area contributed by atoms with Crippen LogP contribution in [0.1, 0.15) is 97.9 Å². The maximum atomic E-state index is 12.5. The van der Waals surface area contributed by atoms with E-state index in [-0.39, 0.29) is 38.0 Å². The normalized spacial score (nSPS) is 29.5. The van der Waals surface area contributed by atoms with Crippen LogP contribution in [0.15, 0.2) is 43.7 Å². The number of carbonyl (C=O) groups is 2. The number of nitrogens with zero attached hydrogens (tertiary/aromatic N) is 2. The Labute approximate surface area is 303 Å². The number of hydrogen-bond acceptors (Lipinski definition) is 14. The van der Waals surface area contributed by atoms with E-state index in [1.165, 1.54) is 33.7 Å². The van der Waals surface area contributed by atoms with Crippen LogP contribution in [-0.4, -0.2) is 92.5 Å². The van der Waals surface area contributed by atoms with Crippen LogP contribution in [0.2, 0.25) is 0 Å². The van der Waals surface area contributed by atoms with Crippen LogP contribution < -0.4 is 22.5 Å². The number of aromatic amines is 2. The van der Waals surface area contributed by atoms with Crippen LogP contribution in [0.5, 0.6) is 0 Å². The van der Waals surface area contributed by atoms with Gasteiger partial charge in [0.1, 0.15) is 49.8 Å². The van der Waals surface area contributed by atoms with Crippen LogP contribution in [0, 0.1) is 0 Å². The fourth-order valence-electron chi connectivity index (χ4n) is 7.21. The zero-order valence-corrected chi connectivity index (χ0v) is 30.3. The number of fused-ring (bicyclic) bond motifs is 2. The van der Waals surface area contributed by atoms with Crippen LogP contribution >= 0.6 is 0 Å². The number of H-pyrrole nitrogens is 2. The SMILES string of the molecule is CC1(C)O[C@@H]2[C@H](O1)[C@@H](COC(=O)CCCCCCCCCC(=O)OC[C@H]1O[C@@H](n3ccc(=O)[nH]c3=O)[C@@H]3OC(C)(C)O[C@@H]31)O[C@H]2n1ccc(=O)[nH]c1=O. The van der Waals surface area contributed by atoms with Crippen molar-refractivity contribution in [1.82, 2.24) is 19.1 Å². The Morgan fingerprint density at radius 3 is 1.34 bits per heavy atom. The van der Waals surface area contributed by atoms with E-state index in [4.69, 9.17) is 37.9 Å². The van der Waals surface area contributed by atoms with Gasteiger partial charge in [-0.15, -0.1) is 0 Å². The van der Waals surface area contributed by atoms with Gasteiger partial charge in [-0.3, -0.25) is 38.3 Å². The molecular formula is C35H48N4O14. The number of nitrogens with one attached hydrogen (secondary N) is 2. The molecule has 292 valence electrons. The minimum absolute atomic E-state index is 0.0652. The number of unbranched alkanes of at least 4 members (excludes halogenated alkanes) is 6. The molecule has 6 heterocycles. The Morgan fingerprint density at radius 2 is 0.962 bits per heavy atom. The molecule has 18 nitrogen and oxygen atoms in total.